The quantitative estimate of drug-likeness (QED) is 0.636. The lowest BCUT2D eigenvalue weighted by Crippen LogP contribution is -2.48. The molecule has 2 rings (SSSR count). The van der Waals surface area contributed by atoms with Crippen LogP contribution < -0.4 is 20.1 Å². The minimum atomic E-state index is -1.18. The van der Waals surface area contributed by atoms with Crippen LogP contribution in [-0.2, 0) is 16.0 Å². The second kappa shape index (κ2) is 9.96. The summed E-state index contributed by atoms with van der Waals surface area (Å²) in [5.41, 5.74) is 0.814. The zero-order valence-electron chi connectivity index (χ0n) is 17.7. The van der Waals surface area contributed by atoms with Gasteiger partial charge in [-0.1, -0.05) is 36.4 Å². The number of carbonyl (C=O) groups is 2. The molecule has 0 saturated heterocycles. The molecule has 1 atom stereocenters. The highest BCUT2D eigenvalue weighted by molar-refractivity contribution is 6.04. The van der Waals surface area contributed by atoms with Crippen molar-refractivity contribution in [2.24, 2.45) is 5.41 Å². The van der Waals surface area contributed by atoms with Gasteiger partial charge < -0.3 is 20.1 Å². The van der Waals surface area contributed by atoms with Crippen molar-refractivity contribution in [3.63, 3.8) is 0 Å². The van der Waals surface area contributed by atoms with Crippen LogP contribution in [0.1, 0.15) is 37.9 Å². The first-order chi connectivity index (χ1) is 13.8. The van der Waals surface area contributed by atoms with E-state index in [0.717, 1.165) is 11.1 Å². The van der Waals surface area contributed by atoms with Crippen LogP contribution in [0.2, 0.25) is 0 Å². The fourth-order valence-electron chi connectivity index (χ4n) is 2.88. The van der Waals surface area contributed by atoms with E-state index in [0.29, 0.717) is 24.5 Å². The molecule has 6 heteroatoms. The summed E-state index contributed by atoms with van der Waals surface area (Å²) in [7, 11) is 3.17. The summed E-state index contributed by atoms with van der Waals surface area (Å²) < 4.78 is 10.5. The highest BCUT2D eigenvalue weighted by atomic mass is 16.5. The van der Waals surface area contributed by atoms with Gasteiger partial charge in [0.2, 0.25) is 11.8 Å². The third kappa shape index (κ3) is 5.73. The Bertz CT molecular complexity index is 834. The lowest BCUT2D eigenvalue weighted by Gasteiger charge is -2.25. The van der Waals surface area contributed by atoms with Crippen molar-refractivity contribution in [2.45, 2.75) is 33.2 Å². The van der Waals surface area contributed by atoms with Crippen molar-refractivity contribution in [1.82, 2.24) is 10.6 Å². The van der Waals surface area contributed by atoms with Crippen LogP contribution in [0.25, 0.3) is 0 Å². The van der Waals surface area contributed by atoms with Crippen LogP contribution >= 0.6 is 0 Å². The van der Waals surface area contributed by atoms with Crippen LogP contribution in [0.15, 0.2) is 48.5 Å². The molecule has 0 aliphatic carbocycles. The van der Waals surface area contributed by atoms with Crippen molar-refractivity contribution in [1.29, 1.82) is 0 Å². The predicted molar refractivity (Wildman–Crippen MR) is 113 cm³/mol. The van der Waals surface area contributed by atoms with Crippen LogP contribution in [0, 0.1) is 5.41 Å². The summed E-state index contributed by atoms with van der Waals surface area (Å²) in [6.45, 7) is 5.58. The topological polar surface area (TPSA) is 76.7 Å². The third-order valence-corrected chi connectivity index (χ3v) is 4.93. The van der Waals surface area contributed by atoms with Crippen LogP contribution in [-0.4, -0.2) is 32.6 Å². The van der Waals surface area contributed by atoms with E-state index in [-0.39, 0.29) is 17.9 Å². The Hall–Kier alpha value is -3.02. The molecule has 6 nitrogen and oxygen atoms in total. The summed E-state index contributed by atoms with van der Waals surface area (Å²) in [4.78, 5) is 25.3. The molecule has 0 radical (unpaired) electrons. The first-order valence-electron chi connectivity index (χ1n) is 9.64. The molecular formula is C23H30N2O4. The second-order valence-electron chi connectivity index (χ2n) is 7.43. The molecule has 0 heterocycles. The Kier molecular flexibility index (Phi) is 7.65. The van der Waals surface area contributed by atoms with Crippen LogP contribution in [0.4, 0.5) is 0 Å². The lowest BCUT2D eigenvalue weighted by atomic mass is 9.90. The lowest BCUT2D eigenvalue weighted by molar-refractivity contribution is -0.141. The van der Waals surface area contributed by atoms with E-state index in [1.54, 1.807) is 28.1 Å². The van der Waals surface area contributed by atoms with Crippen molar-refractivity contribution in [3.05, 3.63) is 59.7 Å². The van der Waals surface area contributed by atoms with Crippen LogP contribution in [0.5, 0.6) is 11.5 Å². The molecule has 2 N–H and O–H groups in total. The first-order valence-corrected chi connectivity index (χ1v) is 9.64. The normalized spacial score (nSPS) is 12.0. The molecule has 2 amide bonds. The Morgan fingerprint density at radius 3 is 2.24 bits per heavy atom. The number of carbonyl (C=O) groups excluding carboxylic acids is 2. The minimum Gasteiger partial charge on any atom is -0.493 e. The van der Waals surface area contributed by atoms with Gasteiger partial charge in [-0.2, -0.15) is 0 Å². The average molecular weight is 399 g/mol. The van der Waals surface area contributed by atoms with Gasteiger partial charge in [-0.15, -0.1) is 0 Å². The van der Waals surface area contributed by atoms with Crippen molar-refractivity contribution in [3.8, 4) is 11.5 Å². The summed E-state index contributed by atoms with van der Waals surface area (Å²) in [6, 6.07) is 15.1. The summed E-state index contributed by atoms with van der Waals surface area (Å²) in [6.07, 6.45) is 0.615. The molecule has 0 spiro atoms. The van der Waals surface area contributed by atoms with Gasteiger partial charge in [0.05, 0.1) is 20.3 Å². The molecule has 0 aromatic heterocycles. The van der Waals surface area contributed by atoms with Crippen molar-refractivity contribution in [2.75, 3.05) is 20.8 Å². The SMILES string of the molecule is COc1ccc(CCNC(=O)C(C)(C)C(=O)NC(C)c2ccccc2)cc1OC. The van der Waals surface area contributed by atoms with E-state index < -0.39 is 5.41 Å². The number of nitrogens with one attached hydrogen (secondary N) is 2. The molecule has 0 bridgehead atoms. The van der Waals surface area contributed by atoms with E-state index in [4.69, 9.17) is 9.47 Å². The maximum Gasteiger partial charge on any atom is 0.235 e. The number of hydrogen-bond donors (Lipinski definition) is 2. The number of amides is 2. The van der Waals surface area contributed by atoms with Crippen molar-refractivity contribution < 1.29 is 19.1 Å². The molecule has 0 aliphatic rings. The number of ether oxygens (including phenoxy) is 2. The fourth-order valence-corrected chi connectivity index (χ4v) is 2.88. The van der Waals surface area contributed by atoms with Gasteiger partial charge in [-0.05, 0) is 50.5 Å². The Morgan fingerprint density at radius 1 is 0.966 bits per heavy atom. The Balaban J connectivity index is 1.90. The summed E-state index contributed by atoms with van der Waals surface area (Å²) >= 11 is 0. The van der Waals surface area contributed by atoms with Crippen LogP contribution in [0.3, 0.4) is 0 Å². The minimum absolute atomic E-state index is 0.178. The maximum atomic E-state index is 12.7. The summed E-state index contributed by atoms with van der Waals surface area (Å²) in [5, 5.41) is 5.78. The van der Waals surface area contributed by atoms with E-state index in [1.807, 2.05) is 55.5 Å². The van der Waals surface area contributed by atoms with E-state index in [1.165, 1.54) is 0 Å². The smallest absolute Gasteiger partial charge is 0.235 e. The molecule has 29 heavy (non-hydrogen) atoms. The molecule has 2 aromatic carbocycles. The highest BCUT2D eigenvalue weighted by Crippen LogP contribution is 2.27. The van der Waals surface area contributed by atoms with Gasteiger partial charge in [-0.3, -0.25) is 9.59 Å². The van der Waals surface area contributed by atoms with Gasteiger partial charge in [0.25, 0.3) is 0 Å². The van der Waals surface area contributed by atoms with Gasteiger partial charge in [0, 0.05) is 6.54 Å². The zero-order chi connectivity index (χ0) is 21.4. The van der Waals surface area contributed by atoms with Gasteiger partial charge >= 0.3 is 0 Å². The summed E-state index contributed by atoms with van der Waals surface area (Å²) in [5.74, 6) is 0.685. The maximum absolute atomic E-state index is 12.7. The van der Waals surface area contributed by atoms with E-state index in [9.17, 15) is 9.59 Å². The number of methoxy groups -OCH3 is 2. The molecule has 1 unspecified atom stereocenters. The second-order valence-corrected chi connectivity index (χ2v) is 7.43. The van der Waals surface area contributed by atoms with Gasteiger partial charge in [0.15, 0.2) is 11.5 Å². The third-order valence-electron chi connectivity index (χ3n) is 4.93. The fraction of sp³-hybridized carbons (Fsp3) is 0.391. The van der Waals surface area contributed by atoms with Crippen molar-refractivity contribution >= 4 is 11.8 Å². The molecular weight excluding hydrogens is 368 g/mol. The molecule has 156 valence electrons. The Morgan fingerprint density at radius 2 is 1.62 bits per heavy atom. The predicted octanol–water partition coefficient (Wildman–Crippen LogP) is 3.27. The first kappa shape index (κ1) is 22.3. The highest BCUT2D eigenvalue weighted by Gasteiger charge is 2.36. The number of benzene rings is 2. The molecule has 0 aliphatic heterocycles. The standard InChI is InChI=1S/C23H30N2O4/c1-16(18-9-7-6-8-10-18)25-22(27)23(2,3)21(26)24-14-13-17-11-12-19(28-4)20(15-17)29-5/h6-12,15-16H,13-14H2,1-5H3,(H,24,26)(H,25,27). The average Bonchev–Trinajstić information content (AvgIpc) is 2.73. The molecule has 2 aromatic rings. The van der Waals surface area contributed by atoms with E-state index >= 15 is 0 Å². The Labute approximate surface area is 172 Å². The number of hydrogen-bond acceptors (Lipinski definition) is 4. The van der Waals surface area contributed by atoms with Gasteiger partial charge in [-0.25, -0.2) is 0 Å². The zero-order valence-corrected chi connectivity index (χ0v) is 17.7. The van der Waals surface area contributed by atoms with E-state index in [2.05, 4.69) is 10.6 Å². The molecule has 0 fully saturated rings. The monoisotopic (exact) mass is 398 g/mol. The number of rotatable bonds is 9. The van der Waals surface area contributed by atoms with Gasteiger partial charge in [0.1, 0.15) is 5.41 Å². The molecule has 0 saturated carbocycles. The largest absolute Gasteiger partial charge is 0.493 e.